The van der Waals surface area contributed by atoms with Crippen LogP contribution in [0.2, 0.25) is 0 Å². The standard InChI is InChI=1S/C23H23F6N3O4S/c1-13(33)30-19-12-17(9-10-20(19)36-23(27,28)29)34-16-7-5-14(6-8-16)31-21(37)32-15-3-2-4-18(11-15)35-22(24,25)26/h2-4,9-12,14,16H,5-8H2,1H3,(H,30,33)(H2,31,32,37). The summed E-state index contributed by atoms with van der Waals surface area (Å²) in [6.07, 6.45) is -7.44. The maximum Gasteiger partial charge on any atom is 0.573 e. The summed E-state index contributed by atoms with van der Waals surface area (Å²) in [6.45, 7) is 1.16. The summed E-state index contributed by atoms with van der Waals surface area (Å²) in [5, 5.41) is 8.46. The Hall–Kier alpha value is -3.42. The molecule has 0 spiro atoms. The lowest BCUT2D eigenvalue weighted by molar-refractivity contribution is -0.275. The molecular formula is C23H23F6N3O4S. The SMILES string of the molecule is CC(=O)Nc1cc(OC2CCC(NC(=S)Nc3cccc(OC(F)(F)F)c3)CC2)ccc1OC(F)(F)F. The van der Waals surface area contributed by atoms with Crippen molar-refractivity contribution in [3.8, 4) is 17.2 Å². The quantitative estimate of drug-likeness (QED) is 0.283. The Kier molecular flexibility index (Phi) is 8.94. The van der Waals surface area contributed by atoms with Gasteiger partial charge in [0, 0.05) is 30.8 Å². The molecule has 1 amide bonds. The van der Waals surface area contributed by atoms with Crippen LogP contribution in [0.3, 0.4) is 0 Å². The van der Waals surface area contributed by atoms with Crippen molar-refractivity contribution in [2.45, 2.75) is 57.5 Å². The minimum absolute atomic E-state index is 0.0213. The van der Waals surface area contributed by atoms with Crippen molar-refractivity contribution >= 4 is 34.6 Å². The van der Waals surface area contributed by atoms with E-state index in [0.717, 1.165) is 13.0 Å². The van der Waals surface area contributed by atoms with Crippen LogP contribution in [0.1, 0.15) is 32.6 Å². The first-order valence-corrected chi connectivity index (χ1v) is 11.4. The Morgan fingerprint density at radius 2 is 1.57 bits per heavy atom. The largest absolute Gasteiger partial charge is 0.573 e. The van der Waals surface area contributed by atoms with Crippen LogP contribution in [-0.2, 0) is 4.79 Å². The molecular weight excluding hydrogens is 528 g/mol. The molecule has 7 nitrogen and oxygen atoms in total. The number of halogens is 6. The molecule has 0 bridgehead atoms. The number of anilines is 2. The number of amides is 1. The summed E-state index contributed by atoms with van der Waals surface area (Å²) in [4.78, 5) is 11.4. The van der Waals surface area contributed by atoms with Gasteiger partial charge in [-0.05, 0) is 62.2 Å². The van der Waals surface area contributed by atoms with E-state index in [4.69, 9.17) is 17.0 Å². The minimum atomic E-state index is -4.92. The van der Waals surface area contributed by atoms with Crippen LogP contribution in [-0.4, -0.2) is 35.9 Å². The molecule has 2 aromatic carbocycles. The van der Waals surface area contributed by atoms with E-state index in [-0.39, 0.29) is 34.4 Å². The van der Waals surface area contributed by atoms with E-state index in [1.54, 1.807) is 6.07 Å². The number of carbonyl (C=O) groups excluding carboxylic acids is 1. The molecule has 0 atom stereocenters. The highest BCUT2D eigenvalue weighted by molar-refractivity contribution is 7.80. The summed E-state index contributed by atoms with van der Waals surface area (Å²) in [6, 6.07) is 8.93. The topological polar surface area (TPSA) is 80.9 Å². The number of hydrogen-bond acceptors (Lipinski definition) is 5. The molecule has 0 aromatic heterocycles. The van der Waals surface area contributed by atoms with Gasteiger partial charge in [0.1, 0.15) is 11.5 Å². The second kappa shape index (κ2) is 11.8. The zero-order valence-corrected chi connectivity index (χ0v) is 20.2. The van der Waals surface area contributed by atoms with E-state index >= 15 is 0 Å². The number of rotatable bonds is 7. The highest BCUT2D eigenvalue weighted by atomic mass is 32.1. The molecule has 3 N–H and O–H groups in total. The lowest BCUT2D eigenvalue weighted by atomic mass is 9.93. The van der Waals surface area contributed by atoms with Gasteiger partial charge < -0.3 is 30.2 Å². The number of benzene rings is 2. The molecule has 0 aliphatic heterocycles. The maximum absolute atomic E-state index is 12.6. The molecule has 1 aliphatic carbocycles. The van der Waals surface area contributed by atoms with Crippen molar-refractivity contribution in [1.29, 1.82) is 0 Å². The molecule has 2 aromatic rings. The number of alkyl halides is 6. The number of carbonyl (C=O) groups is 1. The number of thiocarbonyl (C=S) groups is 1. The fraction of sp³-hybridized carbons (Fsp3) is 0.391. The Labute approximate surface area is 213 Å². The van der Waals surface area contributed by atoms with Crippen LogP contribution in [0.5, 0.6) is 17.2 Å². The van der Waals surface area contributed by atoms with Crippen LogP contribution in [0.25, 0.3) is 0 Å². The minimum Gasteiger partial charge on any atom is -0.490 e. The summed E-state index contributed by atoms with van der Waals surface area (Å²) in [5.41, 5.74) is 0.156. The highest BCUT2D eigenvalue weighted by Gasteiger charge is 2.33. The van der Waals surface area contributed by atoms with Gasteiger partial charge in [-0.2, -0.15) is 0 Å². The summed E-state index contributed by atoms with van der Waals surface area (Å²) < 4.78 is 88.8. The number of ether oxygens (including phenoxy) is 3. The zero-order chi connectivity index (χ0) is 27.2. The van der Waals surface area contributed by atoms with Gasteiger partial charge in [-0.15, -0.1) is 26.3 Å². The third-order valence-electron chi connectivity index (χ3n) is 5.13. The first-order chi connectivity index (χ1) is 17.3. The normalized spacial score (nSPS) is 17.9. The van der Waals surface area contributed by atoms with E-state index < -0.39 is 24.4 Å². The lowest BCUT2D eigenvalue weighted by Crippen LogP contribution is -2.41. The third-order valence-corrected chi connectivity index (χ3v) is 5.34. The van der Waals surface area contributed by atoms with E-state index in [1.807, 2.05) is 0 Å². The maximum atomic E-state index is 12.6. The second-order valence-corrected chi connectivity index (χ2v) is 8.56. The van der Waals surface area contributed by atoms with E-state index in [9.17, 15) is 31.1 Å². The van der Waals surface area contributed by atoms with Gasteiger partial charge in [0.25, 0.3) is 0 Å². The number of nitrogens with one attached hydrogen (secondary N) is 3. The van der Waals surface area contributed by atoms with Crippen molar-refractivity contribution in [2.75, 3.05) is 10.6 Å². The zero-order valence-electron chi connectivity index (χ0n) is 19.3. The Bertz CT molecular complexity index is 1100. The molecule has 14 heteroatoms. The summed E-state index contributed by atoms with van der Waals surface area (Å²) >= 11 is 5.26. The molecule has 1 aliphatic rings. The molecule has 37 heavy (non-hydrogen) atoms. The average Bonchev–Trinajstić information content (AvgIpc) is 2.75. The molecule has 0 radical (unpaired) electrons. The molecule has 202 valence electrons. The van der Waals surface area contributed by atoms with Crippen LogP contribution < -0.4 is 30.2 Å². The number of hydrogen-bond donors (Lipinski definition) is 3. The predicted octanol–water partition coefficient (Wildman–Crippen LogP) is 6.12. The fourth-order valence-corrected chi connectivity index (χ4v) is 4.01. The average molecular weight is 552 g/mol. The van der Waals surface area contributed by atoms with Crippen molar-refractivity contribution < 1.29 is 45.3 Å². The van der Waals surface area contributed by atoms with Gasteiger partial charge in [-0.25, -0.2) is 0 Å². The van der Waals surface area contributed by atoms with E-state index in [2.05, 4.69) is 25.4 Å². The molecule has 0 saturated heterocycles. The van der Waals surface area contributed by atoms with Gasteiger partial charge in [0.05, 0.1) is 11.8 Å². The van der Waals surface area contributed by atoms with E-state index in [1.165, 1.54) is 30.3 Å². The summed E-state index contributed by atoms with van der Waals surface area (Å²) in [7, 11) is 0. The molecule has 1 saturated carbocycles. The van der Waals surface area contributed by atoms with Gasteiger partial charge in [0.15, 0.2) is 10.9 Å². The van der Waals surface area contributed by atoms with Crippen molar-refractivity contribution in [2.24, 2.45) is 0 Å². The second-order valence-electron chi connectivity index (χ2n) is 8.15. The lowest BCUT2D eigenvalue weighted by Gasteiger charge is -2.30. The molecule has 0 heterocycles. The Morgan fingerprint density at radius 3 is 2.19 bits per heavy atom. The Morgan fingerprint density at radius 1 is 0.892 bits per heavy atom. The van der Waals surface area contributed by atoms with Crippen molar-refractivity contribution in [1.82, 2.24) is 5.32 Å². The van der Waals surface area contributed by atoms with Crippen molar-refractivity contribution in [3.63, 3.8) is 0 Å². The monoisotopic (exact) mass is 551 g/mol. The van der Waals surface area contributed by atoms with E-state index in [0.29, 0.717) is 31.4 Å². The van der Waals surface area contributed by atoms with Crippen LogP contribution in [0, 0.1) is 0 Å². The molecule has 1 fully saturated rings. The van der Waals surface area contributed by atoms with Gasteiger partial charge in [-0.1, -0.05) is 6.07 Å². The van der Waals surface area contributed by atoms with Gasteiger partial charge in [-0.3, -0.25) is 4.79 Å². The fourth-order valence-electron chi connectivity index (χ4n) is 3.72. The van der Waals surface area contributed by atoms with Gasteiger partial charge >= 0.3 is 12.7 Å². The first kappa shape index (κ1) is 28.2. The smallest absolute Gasteiger partial charge is 0.490 e. The van der Waals surface area contributed by atoms with Crippen LogP contribution in [0.4, 0.5) is 37.7 Å². The van der Waals surface area contributed by atoms with Gasteiger partial charge in [0.2, 0.25) is 5.91 Å². The molecule has 0 unspecified atom stereocenters. The van der Waals surface area contributed by atoms with Crippen LogP contribution in [0.15, 0.2) is 42.5 Å². The highest BCUT2D eigenvalue weighted by Crippen LogP contribution is 2.35. The predicted molar refractivity (Wildman–Crippen MR) is 127 cm³/mol. The summed E-state index contributed by atoms with van der Waals surface area (Å²) in [5.74, 6) is -1.23. The van der Waals surface area contributed by atoms with Crippen LogP contribution >= 0.6 is 12.2 Å². The third kappa shape index (κ3) is 9.86. The molecule has 3 rings (SSSR count). The first-order valence-electron chi connectivity index (χ1n) is 11.0. The Balaban J connectivity index is 1.51. The van der Waals surface area contributed by atoms with Crippen molar-refractivity contribution in [3.05, 3.63) is 42.5 Å².